The predicted molar refractivity (Wildman–Crippen MR) is 63.1 cm³/mol. The van der Waals surface area contributed by atoms with Gasteiger partial charge in [-0.25, -0.2) is 13.2 Å². The summed E-state index contributed by atoms with van der Waals surface area (Å²) in [4.78, 5) is 10.7. The Hall–Kier alpha value is -2.30. The summed E-state index contributed by atoms with van der Waals surface area (Å²) in [6, 6.07) is 6.18. The Morgan fingerprint density at radius 3 is 2.26 bits per heavy atom. The number of carboxylic acids is 1. The van der Waals surface area contributed by atoms with Gasteiger partial charge in [-0.05, 0) is 41.5 Å². The van der Waals surface area contributed by atoms with Crippen molar-refractivity contribution in [3.8, 4) is 11.1 Å². The van der Waals surface area contributed by atoms with Crippen LogP contribution >= 0.6 is 0 Å². The third-order valence-electron chi connectivity index (χ3n) is 2.63. The second kappa shape index (κ2) is 5.14. The van der Waals surface area contributed by atoms with Gasteiger partial charge in [-0.3, -0.25) is 4.79 Å². The third kappa shape index (κ3) is 2.93. The van der Waals surface area contributed by atoms with Gasteiger partial charge in [-0.15, -0.1) is 0 Å². The highest BCUT2D eigenvalue weighted by molar-refractivity contribution is 5.76. The lowest BCUT2D eigenvalue weighted by Gasteiger charge is -2.09. The van der Waals surface area contributed by atoms with Gasteiger partial charge in [-0.1, -0.05) is 6.07 Å². The highest BCUT2D eigenvalue weighted by Crippen LogP contribution is 2.28. The van der Waals surface area contributed by atoms with Gasteiger partial charge in [-0.2, -0.15) is 0 Å². The second-order valence-electron chi connectivity index (χ2n) is 4.00. The Morgan fingerprint density at radius 2 is 1.58 bits per heavy atom. The molecule has 0 aliphatic carbocycles. The molecular weight excluding hydrogens is 257 g/mol. The molecule has 0 amide bonds. The van der Waals surface area contributed by atoms with E-state index in [1.54, 1.807) is 0 Å². The van der Waals surface area contributed by atoms with E-state index in [0.717, 1.165) is 30.3 Å². The molecule has 5 heteroatoms. The van der Waals surface area contributed by atoms with Gasteiger partial charge in [0.25, 0.3) is 0 Å². The van der Waals surface area contributed by atoms with E-state index in [0.29, 0.717) is 0 Å². The van der Waals surface area contributed by atoms with Crippen molar-refractivity contribution in [1.82, 2.24) is 0 Å². The number of carbonyl (C=O) groups is 1. The van der Waals surface area contributed by atoms with Crippen LogP contribution in [0.2, 0.25) is 0 Å². The molecule has 0 saturated heterocycles. The van der Waals surface area contributed by atoms with Crippen LogP contribution in [0.1, 0.15) is 5.56 Å². The Morgan fingerprint density at radius 1 is 0.947 bits per heavy atom. The number of hydrogen-bond acceptors (Lipinski definition) is 1. The van der Waals surface area contributed by atoms with E-state index >= 15 is 0 Å². The van der Waals surface area contributed by atoms with Crippen LogP contribution in [0, 0.1) is 17.5 Å². The van der Waals surface area contributed by atoms with Crippen LogP contribution in [0.5, 0.6) is 0 Å². The van der Waals surface area contributed by atoms with Crippen molar-refractivity contribution in [2.75, 3.05) is 0 Å². The molecule has 0 bridgehead atoms. The molecule has 0 aliphatic rings. The fourth-order valence-corrected chi connectivity index (χ4v) is 1.84. The van der Waals surface area contributed by atoms with E-state index in [4.69, 9.17) is 5.11 Å². The van der Waals surface area contributed by atoms with Crippen molar-refractivity contribution in [1.29, 1.82) is 0 Å². The van der Waals surface area contributed by atoms with Crippen molar-refractivity contribution in [3.63, 3.8) is 0 Å². The smallest absolute Gasteiger partial charge is 0.307 e. The van der Waals surface area contributed by atoms with E-state index in [1.165, 1.54) is 6.07 Å². The average Bonchev–Trinajstić information content (AvgIpc) is 2.32. The lowest BCUT2D eigenvalue weighted by atomic mass is 9.97. The Balaban J connectivity index is 2.60. The minimum atomic E-state index is -1.18. The maximum atomic E-state index is 13.7. The summed E-state index contributed by atoms with van der Waals surface area (Å²) in [5.41, 5.74) is 0.175. The van der Waals surface area contributed by atoms with Crippen LogP contribution in [0.3, 0.4) is 0 Å². The molecule has 2 aromatic rings. The summed E-state index contributed by atoms with van der Waals surface area (Å²) in [6.45, 7) is 0. The largest absolute Gasteiger partial charge is 0.481 e. The molecule has 0 heterocycles. The third-order valence-corrected chi connectivity index (χ3v) is 2.63. The minimum absolute atomic E-state index is 0.0868. The van der Waals surface area contributed by atoms with E-state index < -0.39 is 29.8 Å². The van der Waals surface area contributed by atoms with Crippen LogP contribution in [-0.4, -0.2) is 11.1 Å². The molecule has 0 aromatic heterocycles. The fraction of sp³-hybridized carbons (Fsp3) is 0.0714. The normalized spacial score (nSPS) is 10.5. The molecule has 0 spiro atoms. The lowest BCUT2D eigenvalue weighted by Crippen LogP contribution is -2.03. The first-order chi connectivity index (χ1) is 8.97. The summed E-state index contributed by atoms with van der Waals surface area (Å²) in [6.07, 6.45) is -0.469. The van der Waals surface area contributed by atoms with Crippen molar-refractivity contribution in [3.05, 3.63) is 59.4 Å². The number of rotatable bonds is 3. The summed E-state index contributed by atoms with van der Waals surface area (Å²) < 4.78 is 39.9. The van der Waals surface area contributed by atoms with Gasteiger partial charge < -0.3 is 5.11 Å². The summed E-state index contributed by atoms with van der Waals surface area (Å²) in [5, 5.41) is 8.76. The second-order valence-corrected chi connectivity index (χ2v) is 4.00. The van der Waals surface area contributed by atoms with Gasteiger partial charge in [0.2, 0.25) is 0 Å². The number of hydrogen-bond donors (Lipinski definition) is 1. The first-order valence-corrected chi connectivity index (χ1v) is 5.43. The zero-order valence-corrected chi connectivity index (χ0v) is 9.66. The maximum absolute atomic E-state index is 13.7. The molecule has 1 N–H and O–H groups in total. The molecule has 98 valence electrons. The molecule has 0 aliphatic heterocycles. The van der Waals surface area contributed by atoms with Gasteiger partial charge in [0.15, 0.2) is 0 Å². The summed E-state index contributed by atoms with van der Waals surface area (Å²) in [5.74, 6) is -3.15. The van der Waals surface area contributed by atoms with Crippen LogP contribution in [0.25, 0.3) is 11.1 Å². The van der Waals surface area contributed by atoms with Crippen LogP contribution in [-0.2, 0) is 11.2 Å². The standard InChI is InChI=1S/C14H9F3O2/c15-9-1-3-11(8(5-9)6-14(18)19)12-7-10(16)2-4-13(12)17/h1-5,7H,6H2,(H,18,19). The van der Waals surface area contributed by atoms with Gasteiger partial charge in [0, 0.05) is 5.56 Å². The monoisotopic (exact) mass is 266 g/mol. The zero-order chi connectivity index (χ0) is 14.0. The molecule has 2 nitrogen and oxygen atoms in total. The number of halogens is 3. The fourth-order valence-electron chi connectivity index (χ4n) is 1.84. The highest BCUT2D eigenvalue weighted by Gasteiger charge is 2.14. The van der Waals surface area contributed by atoms with Gasteiger partial charge >= 0.3 is 5.97 Å². The molecule has 0 fully saturated rings. The molecule has 0 atom stereocenters. The van der Waals surface area contributed by atoms with Crippen LogP contribution in [0.15, 0.2) is 36.4 Å². The van der Waals surface area contributed by atoms with Crippen molar-refractivity contribution >= 4 is 5.97 Å². The molecule has 2 aromatic carbocycles. The van der Waals surface area contributed by atoms with E-state index in [2.05, 4.69) is 0 Å². The molecule has 2 rings (SSSR count). The first-order valence-electron chi connectivity index (χ1n) is 5.43. The topological polar surface area (TPSA) is 37.3 Å². The number of carboxylic acid groups (broad SMARTS) is 1. The van der Waals surface area contributed by atoms with Crippen LogP contribution < -0.4 is 0 Å². The first kappa shape index (κ1) is 13.1. The highest BCUT2D eigenvalue weighted by atomic mass is 19.1. The SMILES string of the molecule is O=C(O)Cc1cc(F)ccc1-c1cc(F)ccc1F. The van der Waals surface area contributed by atoms with Gasteiger partial charge in [0.05, 0.1) is 6.42 Å². The molecule has 0 radical (unpaired) electrons. The maximum Gasteiger partial charge on any atom is 0.307 e. The Kier molecular flexibility index (Phi) is 3.55. The average molecular weight is 266 g/mol. The summed E-state index contributed by atoms with van der Waals surface area (Å²) in [7, 11) is 0. The zero-order valence-electron chi connectivity index (χ0n) is 9.66. The van der Waals surface area contributed by atoms with Crippen molar-refractivity contribution in [2.45, 2.75) is 6.42 Å². The summed E-state index contributed by atoms with van der Waals surface area (Å²) >= 11 is 0. The number of benzene rings is 2. The molecule has 19 heavy (non-hydrogen) atoms. The molecular formula is C14H9F3O2. The Labute approximate surface area is 107 Å². The van der Waals surface area contributed by atoms with Crippen molar-refractivity contribution < 1.29 is 23.1 Å². The van der Waals surface area contributed by atoms with E-state index in [1.807, 2.05) is 0 Å². The van der Waals surface area contributed by atoms with Gasteiger partial charge in [0.1, 0.15) is 17.5 Å². The predicted octanol–water partition coefficient (Wildman–Crippen LogP) is 3.40. The quantitative estimate of drug-likeness (QED) is 0.924. The molecule has 0 unspecified atom stereocenters. The number of aliphatic carboxylic acids is 1. The van der Waals surface area contributed by atoms with Crippen LogP contribution in [0.4, 0.5) is 13.2 Å². The Bertz CT molecular complexity index is 639. The van der Waals surface area contributed by atoms with E-state index in [-0.39, 0.29) is 16.7 Å². The molecule has 0 saturated carbocycles. The minimum Gasteiger partial charge on any atom is -0.481 e. The lowest BCUT2D eigenvalue weighted by molar-refractivity contribution is -0.136. The van der Waals surface area contributed by atoms with Crippen molar-refractivity contribution in [2.24, 2.45) is 0 Å². The van der Waals surface area contributed by atoms with E-state index in [9.17, 15) is 18.0 Å².